The van der Waals surface area contributed by atoms with Crippen LogP contribution in [-0.2, 0) is 31.6 Å². The first kappa shape index (κ1) is 28.1. The molecule has 0 aromatic heterocycles. The lowest BCUT2D eigenvalue weighted by molar-refractivity contribution is -0.137. The van der Waals surface area contributed by atoms with E-state index in [4.69, 9.17) is 0 Å². The van der Waals surface area contributed by atoms with Crippen LogP contribution in [0, 0.1) is 0 Å². The minimum atomic E-state index is -4.78. The molecule has 1 amide bonds. The van der Waals surface area contributed by atoms with E-state index in [2.05, 4.69) is 10.0 Å². The number of rotatable bonds is 8. The van der Waals surface area contributed by atoms with Gasteiger partial charge in [0.05, 0.1) is 26.6 Å². The summed E-state index contributed by atoms with van der Waals surface area (Å²) in [4.78, 5) is 12.7. The van der Waals surface area contributed by atoms with Gasteiger partial charge < -0.3 is 5.32 Å². The maximum absolute atomic E-state index is 13.5. The van der Waals surface area contributed by atoms with Crippen molar-refractivity contribution in [2.24, 2.45) is 0 Å². The van der Waals surface area contributed by atoms with Gasteiger partial charge in [0.15, 0.2) is 0 Å². The second kappa shape index (κ2) is 9.32. The van der Waals surface area contributed by atoms with Gasteiger partial charge in [-0.15, -0.1) is 0 Å². The molecule has 0 spiro atoms. The Morgan fingerprint density at radius 2 is 1.43 bits per heavy atom. The molecule has 2 bridgehead atoms. The SMILES string of the molecule is CN(C)S(=O)(=O)c1ccc(S(=O)(=O)Nc2cc(C(F)(F)F)ccc2C(=O)NC23CC(c4ccccc4)(C2)C3)cc1. The van der Waals surface area contributed by atoms with Gasteiger partial charge in [-0.05, 0) is 67.3 Å². The van der Waals surface area contributed by atoms with E-state index in [0.29, 0.717) is 25.3 Å². The molecule has 3 aliphatic carbocycles. The number of anilines is 1. The van der Waals surface area contributed by atoms with Crippen LogP contribution in [0.4, 0.5) is 18.9 Å². The van der Waals surface area contributed by atoms with Gasteiger partial charge >= 0.3 is 6.18 Å². The highest BCUT2D eigenvalue weighted by Gasteiger charge is 2.69. The van der Waals surface area contributed by atoms with E-state index in [0.717, 1.165) is 40.7 Å². The average molecular weight is 594 g/mol. The van der Waals surface area contributed by atoms with E-state index in [1.807, 2.05) is 30.3 Å². The lowest BCUT2D eigenvalue weighted by Gasteiger charge is -2.71. The van der Waals surface area contributed by atoms with Gasteiger partial charge in [0.25, 0.3) is 15.9 Å². The minimum Gasteiger partial charge on any atom is -0.346 e. The van der Waals surface area contributed by atoms with Crippen LogP contribution in [0.5, 0.6) is 0 Å². The number of carbonyl (C=O) groups excluding carboxylic acids is 1. The van der Waals surface area contributed by atoms with Crippen LogP contribution in [0.2, 0.25) is 0 Å². The topological polar surface area (TPSA) is 113 Å². The molecule has 8 nitrogen and oxygen atoms in total. The molecular weight excluding hydrogens is 567 g/mol. The summed E-state index contributed by atoms with van der Waals surface area (Å²) in [5, 5.41) is 2.90. The number of hydrogen-bond acceptors (Lipinski definition) is 5. The Labute approximate surface area is 230 Å². The number of halogens is 3. The van der Waals surface area contributed by atoms with E-state index in [9.17, 15) is 34.8 Å². The number of amides is 1. The molecule has 212 valence electrons. The van der Waals surface area contributed by atoms with E-state index >= 15 is 0 Å². The number of nitrogens with one attached hydrogen (secondary N) is 2. The molecule has 0 aliphatic heterocycles. The van der Waals surface area contributed by atoms with Crippen molar-refractivity contribution in [1.29, 1.82) is 0 Å². The van der Waals surface area contributed by atoms with Crippen molar-refractivity contribution in [3.05, 3.63) is 89.5 Å². The summed E-state index contributed by atoms with van der Waals surface area (Å²) in [6, 6.07) is 16.3. The molecule has 13 heteroatoms. The number of nitrogens with zero attached hydrogens (tertiary/aromatic N) is 1. The quantitative estimate of drug-likeness (QED) is 0.403. The van der Waals surface area contributed by atoms with Gasteiger partial charge in [0, 0.05) is 25.0 Å². The lowest BCUT2D eigenvalue weighted by atomic mass is 9.37. The highest BCUT2D eigenvalue weighted by molar-refractivity contribution is 7.92. The molecule has 40 heavy (non-hydrogen) atoms. The zero-order chi connectivity index (χ0) is 29.1. The van der Waals surface area contributed by atoms with Crippen molar-refractivity contribution in [3.8, 4) is 0 Å². The Hall–Kier alpha value is -3.42. The summed E-state index contributed by atoms with van der Waals surface area (Å²) in [5.74, 6) is -0.694. The van der Waals surface area contributed by atoms with E-state index in [1.54, 1.807) is 0 Å². The molecule has 0 saturated heterocycles. The summed E-state index contributed by atoms with van der Waals surface area (Å²) in [7, 11) is -5.69. The Kier molecular flexibility index (Phi) is 6.55. The Morgan fingerprint density at radius 3 is 1.98 bits per heavy atom. The predicted octanol–water partition coefficient (Wildman–Crippen LogP) is 4.36. The largest absolute Gasteiger partial charge is 0.416 e. The fraction of sp³-hybridized carbons (Fsp3) is 0.296. The Balaban J connectivity index is 1.40. The summed E-state index contributed by atoms with van der Waals surface area (Å²) >= 11 is 0. The van der Waals surface area contributed by atoms with E-state index in [-0.39, 0.29) is 15.9 Å². The smallest absolute Gasteiger partial charge is 0.346 e. The molecule has 3 aliphatic rings. The molecule has 6 rings (SSSR count). The molecular formula is C27H26F3N3O5S2. The fourth-order valence-electron chi connectivity index (χ4n) is 5.53. The number of alkyl halides is 3. The number of carbonyl (C=O) groups is 1. The maximum atomic E-state index is 13.5. The summed E-state index contributed by atoms with van der Waals surface area (Å²) in [6.07, 6.45) is -2.74. The minimum absolute atomic E-state index is 0.0364. The first-order valence-corrected chi connectivity index (χ1v) is 15.1. The highest BCUT2D eigenvalue weighted by atomic mass is 32.2. The number of hydrogen-bond donors (Lipinski definition) is 2. The van der Waals surface area contributed by atoms with E-state index < -0.39 is 53.8 Å². The van der Waals surface area contributed by atoms with Gasteiger partial charge in [-0.25, -0.2) is 21.1 Å². The van der Waals surface area contributed by atoms with E-state index in [1.165, 1.54) is 19.7 Å². The molecule has 0 unspecified atom stereocenters. The van der Waals surface area contributed by atoms with Gasteiger partial charge in [0.1, 0.15) is 0 Å². The standard InChI is InChI=1S/C27H26F3N3O5S2/c1-33(2)40(37,38)21-11-9-20(10-12-21)39(35,36)32-23-14-19(27(28,29)30)8-13-22(23)24(34)31-26-15-25(16-26,17-26)18-6-4-3-5-7-18/h3-14,32H,15-17H2,1-2H3,(H,31,34). The molecule has 2 N–H and O–H groups in total. The second-order valence-corrected chi connectivity index (χ2v) is 14.4. The first-order chi connectivity index (χ1) is 18.6. The molecule has 3 aromatic rings. The van der Waals surface area contributed by atoms with Gasteiger partial charge in [-0.3, -0.25) is 9.52 Å². The van der Waals surface area contributed by atoms with Crippen LogP contribution in [0.3, 0.4) is 0 Å². The Morgan fingerprint density at radius 1 is 0.850 bits per heavy atom. The molecule has 0 heterocycles. The number of benzene rings is 3. The zero-order valence-electron chi connectivity index (χ0n) is 21.5. The van der Waals surface area contributed by atoms with Crippen molar-refractivity contribution in [1.82, 2.24) is 9.62 Å². The molecule has 0 atom stereocenters. The number of sulfonamides is 2. The third kappa shape index (κ3) is 4.86. The van der Waals surface area contributed by atoms with Crippen molar-refractivity contribution in [3.63, 3.8) is 0 Å². The normalized spacial score (nSPS) is 22.2. The van der Waals surface area contributed by atoms with Gasteiger partial charge in [0.2, 0.25) is 10.0 Å². The van der Waals surface area contributed by atoms with Crippen LogP contribution < -0.4 is 10.0 Å². The fourth-order valence-corrected chi connectivity index (χ4v) is 7.51. The molecule has 3 aromatic carbocycles. The highest BCUT2D eigenvalue weighted by Crippen LogP contribution is 2.67. The van der Waals surface area contributed by atoms with Crippen LogP contribution in [0.1, 0.15) is 40.7 Å². The third-order valence-corrected chi connectivity index (χ3v) is 10.8. The van der Waals surface area contributed by atoms with Crippen LogP contribution in [0.15, 0.2) is 82.6 Å². The monoisotopic (exact) mass is 593 g/mol. The van der Waals surface area contributed by atoms with Gasteiger partial charge in [-0.1, -0.05) is 30.3 Å². The van der Waals surface area contributed by atoms with Crippen LogP contribution >= 0.6 is 0 Å². The third-order valence-electron chi connectivity index (χ3n) is 7.54. The summed E-state index contributed by atoms with van der Waals surface area (Å²) in [5.41, 5.74) is -1.31. The van der Waals surface area contributed by atoms with Crippen LogP contribution in [-0.4, -0.2) is 46.7 Å². The van der Waals surface area contributed by atoms with Crippen molar-refractivity contribution in [2.75, 3.05) is 18.8 Å². The summed E-state index contributed by atoms with van der Waals surface area (Å²) in [6.45, 7) is 0. The Bertz CT molecular complexity index is 1670. The summed E-state index contributed by atoms with van der Waals surface area (Å²) < 4.78 is 94.3. The molecule has 3 fully saturated rings. The van der Waals surface area contributed by atoms with Crippen molar-refractivity contribution < 1.29 is 34.8 Å². The second-order valence-electron chi connectivity index (χ2n) is 10.5. The lowest BCUT2D eigenvalue weighted by Crippen LogP contribution is -2.76. The van der Waals surface area contributed by atoms with Gasteiger partial charge in [-0.2, -0.15) is 13.2 Å². The predicted molar refractivity (Wildman–Crippen MR) is 142 cm³/mol. The molecule has 3 saturated carbocycles. The van der Waals surface area contributed by atoms with Crippen molar-refractivity contribution in [2.45, 2.75) is 46.2 Å². The molecule has 0 radical (unpaired) electrons. The maximum Gasteiger partial charge on any atom is 0.416 e. The average Bonchev–Trinajstić information content (AvgIpc) is 2.85. The van der Waals surface area contributed by atoms with Crippen molar-refractivity contribution >= 4 is 31.6 Å². The first-order valence-electron chi connectivity index (χ1n) is 12.2. The van der Waals surface area contributed by atoms with Crippen LogP contribution in [0.25, 0.3) is 0 Å². The zero-order valence-corrected chi connectivity index (χ0v) is 23.1.